The monoisotopic (exact) mass is 421 g/mol. The van der Waals surface area contributed by atoms with Crippen LogP contribution in [0.25, 0.3) is 21.8 Å². The zero-order valence-corrected chi connectivity index (χ0v) is 18.3. The van der Waals surface area contributed by atoms with Gasteiger partial charge in [0.2, 0.25) is 0 Å². The molecule has 0 fully saturated rings. The second-order valence-corrected chi connectivity index (χ2v) is 7.98. The third-order valence-electron chi connectivity index (χ3n) is 5.75. The number of hydrogen-bond acceptors (Lipinski definition) is 4. The molecule has 0 aliphatic carbocycles. The van der Waals surface area contributed by atoms with E-state index in [0.29, 0.717) is 12.1 Å². The van der Waals surface area contributed by atoms with Crippen molar-refractivity contribution in [3.05, 3.63) is 95.1 Å². The van der Waals surface area contributed by atoms with E-state index < -0.39 is 0 Å². The van der Waals surface area contributed by atoms with Gasteiger partial charge in [0, 0.05) is 22.7 Å². The van der Waals surface area contributed by atoms with Gasteiger partial charge in [-0.25, -0.2) is 0 Å². The molecule has 0 saturated heterocycles. The van der Waals surface area contributed by atoms with Gasteiger partial charge in [0.15, 0.2) is 0 Å². The Morgan fingerprint density at radius 1 is 1.00 bits per heavy atom. The SMILES string of the molecule is Cc1cc(C(=O)Nc2c(C)nn(Cc3cccc4cccnc34)c2C)c2ccccc2n1. The molecule has 5 rings (SSSR count). The number of benzene rings is 2. The molecule has 0 spiro atoms. The minimum absolute atomic E-state index is 0.163. The van der Waals surface area contributed by atoms with Crippen LogP contribution < -0.4 is 5.32 Å². The largest absolute Gasteiger partial charge is 0.319 e. The van der Waals surface area contributed by atoms with E-state index >= 15 is 0 Å². The smallest absolute Gasteiger partial charge is 0.256 e. The first-order valence-electron chi connectivity index (χ1n) is 10.6. The number of carbonyl (C=O) groups is 1. The van der Waals surface area contributed by atoms with Gasteiger partial charge in [-0.2, -0.15) is 5.10 Å². The third-order valence-corrected chi connectivity index (χ3v) is 5.75. The van der Waals surface area contributed by atoms with E-state index in [1.54, 1.807) is 6.20 Å². The molecular formula is C26H23N5O. The average molecular weight is 422 g/mol. The molecule has 3 aromatic heterocycles. The average Bonchev–Trinajstić information content (AvgIpc) is 3.06. The van der Waals surface area contributed by atoms with Crippen molar-refractivity contribution >= 4 is 33.4 Å². The Morgan fingerprint density at radius 2 is 1.81 bits per heavy atom. The Labute approximate surface area is 185 Å². The fourth-order valence-electron chi connectivity index (χ4n) is 4.16. The van der Waals surface area contributed by atoms with E-state index in [0.717, 1.165) is 50.1 Å². The van der Waals surface area contributed by atoms with Gasteiger partial charge in [0.25, 0.3) is 5.91 Å². The van der Waals surface area contributed by atoms with Crippen LogP contribution >= 0.6 is 0 Å². The number of nitrogens with zero attached hydrogens (tertiary/aromatic N) is 4. The van der Waals surface area contributed by atoms with Crippen molar-refractivity contribution in [3.8, 4) is 0 Å². The molecule has 0 aliphatic rings. The first-order valence-corrected chi connectivity index (χ1v) is 10.6. The van der Waals surface area contributed by atoms with Gasteiger partial charge in [0.05, 0.1) is 40.2 Å². The predicted octanol–water partition coefficient (Wildman–Crippen LogP) is 5.21. The van der Waals surface area contributed by atoms with Gasteiger partial charge < -0.3 is 5.32 Å². The van der Waals surface area contributed by atoms with Crippen LogP contribution in [-0.4, -0.2) is 25.7 Å². The second-order valence-electron chi connectivity index (χ2n) is 7.98. The Hall–Kier alpha value is -4.06. The number of amides is 1. The summed E-state index contributed by atoms with van der Waals surface area (Å²) in [5.41, 5.74) is 6.69. The topological polar surface area (TPSA) is 72.7 Å². The Kier molecular flexibility index (Phi) is 4.90. The van der Waals surface area contributed by atoms with E-state index in [4.69, 9.17) is 5.10 Å². The molecule has 3 heterocycles. The lowest BCUT2D eigenvalue weighted by molar-refractivity contribution is 0.102. The lowest BCUT2D eigenvalue weighted by Gasteiger charge is -2.10. The van der Waals surface area contributed by atoms with E-state index in [1.165, 1.54) is 0 Å². The molecule has 32 heavy (non-hydrogen) atoms. The van der Waals surface area contributed by atoms with Gasteiger partial charge in [-0.3, -0.25) is 19.4 Å². The highest BCUT2D eigenvalue weighted by molar-refractivity contribution is 6.12. The molecule has 0 radical (unpaired) electrons. The fraction of sp³-hybridized carbons (Fsp3) is 0.154. The number of nitrogens with one attached hydrogen (secondary N) is 1. The summed E-state index contributed by atoms with van der Waals surface area (Å²) in [7, 11) is 0. The van der Waals surface area contributed by atoms with Crippen molar-refractivity contribution in [2.24, 2.45) is 0 Å². The summed E-state index contributed by atoms with van der Waals surface area (Å²) < 4.78 is 1.92. The zero-order chi connectivity index (χ0) is 22.2. The van der Waals surface area contributed by atoms with Crippen LogP contribution in [0.4, 0.5) is 5.69 Å². The molecule has 5 aromatic rings. The standard InChI is InChI=1S/C26H23N5O/c1-16-14-22(21-11-4-5-12-23(21)28-16)26(32)29-24-17(2)30-31(18(24)3)15-20-9-6-8-19-10-7-13-27-25(19)20/h4-14H,15H2,1-3H3,(H,29,32). The summed E-state index contributed by atoms with van der Waals surface area (Å²) >= 11 is 0. The van der Waals surface area contributed by atoms with Crippen molar-refractivity contribution in [1.29, 1.82) is 0 Å². The highest BCUT2D eigenvalue weighted by atomic mass is 16.1. The summed E-state index contributed by atoms with van der Waals surface area (Å²) in [5.74, 6) is -0.163. The molecule has 6 heteroatoms. The number of hydrogen-bond donors (Lipinski definition) is 1. The molecule has 6 nitrogen and oxygen atoms in total. The van der Waals surface area contributed by atoms with Crippen LogP contribution in [0, 0.1) is 20.8 Å². The van der Waals surface area contributed by atoms with Crippen LogP contribution in [0.15, 0.2) is 66.9 Å². The van der Waals surface area contributed by atoms with Crippen LogP contribution in [0.1, 0.15) is 33.0 Å². The zero-order valence-electron chi connectivity index (χ0n) is 18.3. The maximum absolute atomic E-state index is 13.2. The predicted molar refractivity (Wildman–Crippen MR) is 127 cm³/mol. The quantitative estimate of drug-likeness (QED) is 0.433. The fourth-order valence-corrected chi connectivity index (χ4v) is 4.16. The van der Waals surface area contributed by atoms with E-state index in [-0.39, 0.29) is 5.91 Å². The summed E-state index contributed by atoms with van der Waals surface area (Å²) in [6.45, 7) is 6.37. The third kappa shape index (κ3) is 3.50. The minimum Gasteiger partial charge on any atom is -0.319 e. The van der Waals surface area contributed by atoms with Crippen molar-refractivity contribution in [2.75, 3.05) is 5.32 Å². The Morgan fingerprint density at radius 3 is 2.69 bits per heavy atom. The molecule has 0 atom stereocenters. The molecule has 1 N–H and O–H groups in total. The number of aromatic nitrogens is 4. The van der Waals surface area contributed by atoms with Gasteiger partial charge in [0.1, 0.15) is 0 Å². The molecular weight excluding hydrogens is 398 g/mol. The van der Waals surface area contributed by atoms with Gasteiger partial charge in [-0.15, -0.1) is 0 Å². The number of carbonyl (C=O) groups excluding carboxylic acids is 1. The molecule has 2 aromatic carbocycles. The first-order chi connectivity index (χ1) is 15.5. The number of fused-ring (bicyclic) bond motifs is 2. The van der Waals surface area contributed by atoms with Crippen LogP contribution in [0.3, 0.4) is 0 Å². The molecule has 0 saturated carbocycles. The number of para-hydroxylation sites is 2. The lowest BCUT2D eigenvalue weighted by Crippen LogP contribution is -2.14. The van der Waals surface area contributed by atoms with Crippen molar-refractivity contribution in [1.82, 2.24) is 19.7 Å². The highest BCUT2D eigenvalue weighted by Gasteiger charge is 2.18. The second kappa shape index (κ2) is 7.89. The van der Waals surface area contributed by atoms with E-state index in [1.807, 2.05) is 67.9 Å². The van der Waals surface area contributed by atoms with Crippen molar-refractivity contribution in [2.45, 2.75) is 27.3 Å². The van der Waals surface area contributed by atoms with Crippen LogP contribution in [0.2, 0.25) is 0 Å². The maximum Gasteiger partial charge on any atom is 0.256 e. The Bertz CT molecular complexity index is 1480. The van der Waals surface area contributed by atoms with E-state index in [9.17, 15) is 4.79 Å². The van der Waals surface area contributed by atoms with Gasteiger partial charge in [-0.1, -0.05) is 42.5 Å². The summed E-state index contributed by atoms with van der Waals surface area (Å²) in [6.07, 6.45) is 1.81. The summed E-state index contributed by atoms with van der Waals surface area (Å²) in [4.78, 5) is 22.3. The normalized spacial score (nSPS) is 11.2. The molecule has 0 aliphatic heterocycles. The number of pyridine rings is 2. The number of rotatable bonds is 4. The first kappa shape index (κ1) is 19.9. The lowest BCUT2D eigenvalue weighted by atomic mass is 10.1. The van der Waals surface area contributed by atoms with E-state index in [2.05, 4.69) is 33.5 Å². The molecule has 0 bridgehead atoms. The van der Waals surface area contributed by atoms with Gasteiger partial charge in [-0.05, 0) is 44.5 Å². The molecule has 158 valence electrons. The highest BCUT2D eigenvalue weighted by Crippen LogP contribution is 2.25. The molecule has 0 unspecified atom stereocenters. The van der Waals surface area contributed by atoms with Gasteiger partial charge >= 0.3 is 0 Å². The summed E-state index contributed by atoms with van der Waals surface area (Å²) in [6, 6.07) is 19.7. The Balaban J connectivity index is 1.48. The number of aryl methyl sites for hydroxylation is 2. The summed E-state index contributed by atoms with van der Waals surface area (Å²) in [5, 5.41) is 9.72. The molecule has 1 amide bonds. The minimum atomic E-state index is -0.163. The van der Waals surface area contributed by atoms with Crippen molar-refractivity contribution in [3.63, 3.8) is 0 Å². The van der Waals surface area contributed by atoms with Crippen molar-refractivity contribution < 1.29 is 4.79 Å². The van der Waals surface area contributed by atoms with Crippen LogP contribution in [-0.2, 0) is 6.54 Å². The number of anilines is 1. The van der Waals surface area contributed by atoms with Crippen LogP contribution in [0.5, 0.6) is 0 Å². The maximum atomic E-state index is 13.2.